The SMILES string of the molecule is COC1C(N2CC(C)(c3cc(F)c(F)c(F)c3)N=N2)[C@H]2OCC(O)C2O[C@@H]1Sc1cc(-c2nccs2)cnc1-c1nccs1. The summed E-state index contributed by atoms with van der Waals surface area (Å²) in [5.74, 6) is -4.16. The van der Waals surface area contributed by atoms with E-state index in [-0.39, 0.29) is 18.7 Å². The number of nitrogens with zero attached hydrogens (tertiary/aromatic N) is 6. The van der Waals surface area contributed by atoms with E-state index in [2.05, 4.69) is 20.3 Å². The number of aromatic nitrogens is 3. The highest BCUT2D eigenvalue weighted by Crippen LogP contribution is 2.45. The first-order chi connectivity index (χ1) is 21.3. The van der Waals surface area contributed by atoms with Gasteiger partial charge in [-0.1, -0.05) is 17.0 Å². The maximum absolute atomic E-state index is 14.2. The van der Waals surface area contributed by atoms with Crippen LogP contribution in [0.3, 0.4) is 0 Å². The zero-order valence-electron chi connectivity index (χ0n) is 23.2. The topological polar surface area (TPSA) is 115 Å². The van der Waals surface area contributed by atoms with Crippen molar-refractivity contribution >= 4 is 34.4 Å². The van der Waals surface area contributed by atoms with Gasteiger partial charge in [-0.15, -0.1) is 22.7 Å². The van der Waals surface area contributed by atoms with Gasteiger partial charge < -0.3 is 19.3 Å². The van der Waals surface area contributed by atoms with Gasteiger partial charge in [0.05, 0.1) is 13.2 Å². The Kier molecular flexibility index (Phi) is 7.93. The molecular weight excluding hydrogens is 638 g/mol. The molecule has 2 fully saturated rings. The van der Waals surface area contributed by atoms with E-state index in [4.69, 9.17) is 19.2 Å². The third kappa shape index (κ3) is 5.21. The average Bonchev–Trinajstić information content (AvgIpc) is 3.84. The number of thioether (sulfide) groups is 1. The van der Waals surface area contributed by atoms with Gasteiger partial charge in [0.15, 0.2) is 17.5 Å². The fraction of sp³-hybridized carbons (Fsp3) is 0.393. The number of ether oxygens (including phenoxy) is 3. The minimum absolute atomic E-state index is 0.0434. The van der Waals surface area contributed by atoms with Crippen molar-refractivity contribution in [3.63, 3.8) is 0 Å². The van der Waals surface area contributed by atoms with Crippen molar-refractivity contribution in [2.24, 2.45) is 10.3 Å². The summed E-state index contributed by atoms with van der Waals surface area (Å²) in [4.78, 5) is 14.4. The predicted molar refractivity (Wildman–Crippen MR) is 157 cm³/mol. The summed E-state index contributed by atoms with van der Waals surface area (Å²) >= 11 is 4.32. The Balaban J connectivity index is 1.23. The molecule has 6 heterocycles. The summed E-state index contributed by atoms with van der Waals surface area (Å²) in [6.07, 6.45) is 2.26. The number of methoxy groups -OCH3 is 1. The first-order valence-electron chi connectivity index (χ1n) is 13.5. The minimum Gasteiger partial charge on any atom is -0.388 e. The second-order valence-corrected chi connectivity index (χ2v) is 13.6. The molecule has 4 aromatic rings. The predicted octanol–water partition coefficient (Wildman–Crippen LogP) is 5.30. The largest absolute Gasteiger partial charge is 0.388 e. The summed E-state index contributed by atoms with van der Waals surface area (Å²) in [5.41, 5.74) is -0.231. The molecule has 0 saturated carbocycles. The second kappa shape index (κ2) is 11.7. The van der Waals surface area contributed by atoms with Crippen molar-refractivity contribution in [1.82, 2.24) is 20.0 Å². The first kappa shape index (κ1) is 29.7. The molecule has 16 heteroatoms. The van der Waals surface area contributed by atoms with Gasteiger partial charge in [-0.2, -0.15) is 5.11 Å². The number of aliphatic hydroxyl groups is 1. The van der Waals surface area contributed by atoms with Gasteiger partial charge in [0.2, 0.25) is 0 Å². The van der Waals surface area contributed by atoms with Crippen molar-refractivity contribution in [2.75, 3.05) is 20.3 Å². The summed E-state index contributed by atoms with van der Waals surface area (Å²) in [5, 5.41) is 26.5. The van der Waals surface area contributed by atoms with E-state index in [1.807, 2.05) is 16.8 Å². The van der Waals surface area contributed by atoms with Crippen LogP contribution in [-0.4, -0.2) is 81.2 Å². The van der Waals surface area contributed by atoms with Crippen molar-refractivity contribution in [3.05, 3.63) is 70.6 Å². The molecule has 0 aliphatic carbocycles. The molecular formula is C28H25F3N6O4S3. The Labute approximate surface area is 261 Å². The number of pyridine rings is 1. The smallest absolute Gasteiger partial charge is 0.194 e. The lowest BCUT2D eigenvalue weighted by Gasteiger charge is -2.46. The summed E-state index contributed by atoms with van der Waals surface area (Å²) in [7, 11) is 1.55. The molecule has 1 aromatic carbocycles. The molecule has 0 bridgehead atoms. The number of hydrogen-bond acceptors (Lipinski definition) is 13. The number of rotatable bonds is 7. The zero-order chi connectivity index (χ0) is 30.6. The van der Waals surface area contributed by atoms with Crippen molar-refractivity contribution in [1.29, 1.82) is 0 Å². The Hall–Kier alpha value is -2.99. The van der Waals surface area contributed by atoms with Crippen LogP contribution in [-0.2, 0) is 19.7 Å². The van der Waals surface area contributed by atoms with Gasteiger partial charge in [-0.05, 0) is 30.7 Å². The quantitative estimate of drug-likeness (QED) is 0.263. The molecule has 0 radical (unpaired) electrons. The number of halogens is 3. The number of thiazole rings is 2. The van der Waals surface area contributed by atoms with E-state index in [0.717, 1.165) is 32.6 Å². The van der Waals surface area contributed by atoms with Crippen LogP contribution in [0.5, 0.6) is 0 Å². The average molecular weight is 663 g/mol. The lowest BCUT2D eigenvalue weighted by Crippen LogP contribution is -2.63. The Morgan fingerprint density at radius 2 is 1.77 bits per heavy atom. The highest BCUT2D eigenvalue weighted by molar-refractivity contribution is 8.00. The maximum atomic E-state index is 14.2. The number of benzene rings is 1. The third-order valence-electron chi connectivity index (χ3n) is 7.88. The van der Waals surface area contributed by atoms with Crippen LogP contribution in [0.1, 0.15) is 12.5 Å². The molecule has 3 aliphatic rings. The van der Waals surface area contributed by atoms with Crippen LogP contribution in [0.4, 0.5) is 13.2 Å². The first-order valence-corrected chi connectivity index (χ1v) is 16.2. The molecule has 7 atom stereocenters. The molecule has 2 saturated heterocycles. The van der Waals surface area contributed by atoms with Crippen LogP contribution in [0, 0.1) is 17.5 Å². The van der Waals surface area contributed by atoms with Crippen molar-refractivity contribution in [2.45, 2.75) is 53.3 Å². The molecule has 3 aliphatic heterocycles. The van der Waals surface area contributed by atoms with Crippen LogP contribution >= 0.6 is 34.4 Å². The van der Waals surface area contributed by atoms with Gasteiger partial charge in [-0.3, -0.25) is 9.99 Å². The Bertz CT molecular complexity index is 1660. The molecule has 3 aromatic heterocycles. The normalized spacial score (nSPS) is 29.8. The summed E-state index contributed by atoms with van der Waals surface area (Å²) in [6, 6.07) is 3.24. The molecule has 5 unspecified atom stereocenters. The van der Waals surface area contributed by atoms with E-state index >= 15 is 0 Å². The molecule has 7 rings (SSSR count). The molecule has 0 spiro atoms. The van der Waals surface area contributed by atoms with E-state index in [1.54, 1.807) is 37.6 Å². The lowest BCUT2D eigenvalue weighted by atomic mass is 9.90. The molecule has 230 valence electrons. The van der Waals surface area contributed by atoms with Gasteiger partial charge in [0.1, 0.15) is 57.1 Å². The van der Waals surface area contributed by atoms with Gasteiger partial charge >= 0.3 is 0 Å². The lowest BCUT2D eigenvalue weighted by molar-refractivity contribution is -0.181. The van der Waals surface area contributed by atoms with Crippen molar-refractivity contribution < 1.29 is 32.5 Å². The fourth-order valence-corrected chi connectivity index (χ4v) is 8.33. The minimum atomic E-state index is -1.55. The highest BCUT2D eigenvalue weighted by Gasteiger charge is 2.57. The molecule has 10 nitrogen and oxygen atoms in total. The monoisotopic (exact) mass is 662 g/mol. The highest BCUT2D eigenvalue weighted by atomic mass is 32.2. The van der Waals surface area contributed by atoms with Gasteiger partial charge in [-0.25, -0.2) is 23.1 Å². The number of aliphatic hydroxyl groups excluding tert-OH is 1. The van der Waals surface area contributed by atoms with E-state index in [0.29, 0.717) is 5.69 Å². The van der Waals surface area contributed by atoms with Crippen LogP contribution in [0.25, 0.3) is 21.3 Å². The molecule has 1 N–H and O–H groups in total. The van der Waals surface area contributed by atoms with E-state index < -0.39 is 58.9 Å². The fourth-order valence-electron chi connectivity index (χ4n) is 5.70. The van der Waals surface area contributed by atoms with Crippen LogP contribution < -0.4 is 0 Å². The van der Waals surface area contributed by atoms with Crippen LogP contribution in [0.2, 0.25) is 0 Å². The maximum Gasteiger partial charge on any atom is 0.194 e. The van der Waals surface area contributed by atoms with Gasteiger partial charge in [0, 0.05) is 46.9 Å². The molecule has 44 heavy (non-hydrogen) atoms. The van der Waals surface area contributed by atoms with E-state index in [1.165, 1.54) is 34.4 Å². The Morgan fingerprint density at radius 3 is 2.45 bits per heavy atom. The Morgan fingerprint density at radius 1 is 1.05 bits per heavy atom. The second-order valence-electron chi connectivity index (χ2n) is 10.7. The van der Waals surface area contributed by atoms with Crippen LogP contribution in [0.15, 0.2) is 62.8 Å². The standard InChI is InChI=1S/C28H25F3N6O4S3/c1-28(14-8-15(29)19(31)16(30)9-14)12-37(36-35-28)21-23-22(17(38)11-40-23)41-27(24(21)39-2)44-18-7-13(25-32-3-5-42-25)10-34-20(18)26-33-4-6-43-26/h3-10,17,21-24,27,38H,11-12H2,1-2H3/t17?,21?,22?,23-,24?,27-,28?/m1/s1. The van der Waals surface area contributed by atoms with Crippen molar-refractivity contribution in [3.8, 4) is 21.3 Å². The number of hydrogen-bond donors (Lipinski definition) is 1. The number of fused-ring (bicyclic) bond motifs is 1. The summed E-state index contributed by atoms with van der Waals surface area (Å²) < 4.78 is 60.6. The third-order valence-corrected chi connectivity index (χ3v) is 10.7. The van der Waals surface area contributed by atoms with E-state index in [9.17, 15) is 18.3 Å². The van der Waals surface area contributed by atoms with Gasteiger partial charge in [0.25, 0.3) is 0 Å². The zero-order valence-corrected chi connectivity index (χ0v) is 25.7. The molecule has 0 amide bonds. The summed E-state index contributed by atoms with van der Waals surface area (Å²) in [6.45, 7) is 1.79.